The first-order chi connectivity index (χ1) is 17.3. The van der Waals surface area contributed by atoms with E-state index in [0.29, 0.717) is 9.39 Å². The van der Waals surface area contributed by atoms with Crippen LogP contribution in [0.3, 0.4) is 0 Å². The maximum absolute atomic E-state index is 14.0. The number of benzene rings is 2. The van der Waals surface area contributed by atoms with Crippen molar-refractivity contribution in [3.8, 4) is 10.6 Å². The molecule has 0 saturated heterocycles. The van der Waals surface area contributed by atoms with Crippen LogP contribution in [0.4, 0.5) is 13.2 Å². The monoisotopic (exact) mass is 526 g/mol. The molecule has 0 spiro atoms. The number of amides is 1. The van der Waals surface area contributed by atoms with Gasteiger partial charge in [0, 0.05) is 13.1 Å². The molecule has 5 rings (SSSR count). The summed E-state index contributed by atoms with van der Waals surface area (Å²) in [5.41, 5.74) is 0.250. The van der Waals surface area contributed by atoms with E-state index in [1.54, 1.807) is 17.5 Å². The van der Waals surface area contributed by atoms with Gasteiger partial charge in [0.2, 0.25) is 0 Å². The molecule has 0 aliphatic heterocycles. The fourth-order valence-corrected chi connectivity index (χ4v) is 4.76. The highest BCUT2D eigenvalue weighted by Crippen LogP contribution is 2.36. The first kappa shape index (κ1) is 24.0. The minimum absolute atomic E-state index is 0.107. The van der Waals surface area contributed by atoms with Gasteiger partial charge in [0.1, 0.15) is 5.02 Å². The Morgan fingerprint density at radius 1 is 0.944 bits per heavy atom. The van der Waals surface area contributed by atoms with Gasteiger partial charge >= 0.3 is 6.18 Å². The third-order valence-corrected chi connectivity index (χ3v) is 6.76. The molecule has 3 heterocycles. The van der Waals surface area contributed by atoms with Crippen molar-refractivity contribution in [2.45, 2.75) is 19.3 Å². The van der Waals surface area contributed by atoms with E-state index in [0.717, 1.165) is 17.2 Å². The summed E-state index contributed by atoms with van der Waals surface area (Å²) < 4.78 is 42.6. The molecule has 5 aromatic rings. The number of aromatic nitrogens is 3. The summed E-state index contributed by atoms with van der Waals surface area (Å²) in [4.78, 5) is 20.1. The van der Waals surface area contributed by atoms with Crippen molar-refractivity contribution >= 4 is 34.5 Å². The van der Waals surface area contributed by atoms with Crippen LogP contribution >= 0.6 is 22.9 Å². The predicted molar refractivity (Wildman–Crippen MR) is 133 cm³/mol. The van der Waals surface area contributed by atoms with Crippen molar-refractivity contribution in [3.63, 3.8) is 0 Å². The van der Waals surface area contributed by atoms with E-state index in [1.165, 1.54) is 16.2 Å². The largest absolute Gasteiger partial charge is 0.433 e. The molecule has 10 heteroatoms. The van der Waals surface area contributed by atoms with E-state index in [-0.39, 0.29) is 35.1 Å². The summed E-state index contributed by atoms with van der Waals surface area (Å²) in [6, 6.07) is 22.9. The maximum atomic E-state index is 14.0. The predicted octanol–water partition coefficient (Wildman–Crippen LogP) is 6.97. The number of fused-ring (bicyclic) bond motifs is 1. The molecular weight excluding hydrogens is 509 g/mol. The van der Waals surface area contributed by atoms with Crippen LogP contribution in [-0.2, 0) is 19.3 Å². The van der Waals surface area contributed by atoms with Crippen LogP contribution in [0, 0.1) is 0 Å². The Morgan fingerprint density at radius 2 is 1.56 bits per heavy atom. The van der Waals surface area contributed by atoms with Gasteiger partial charge in [0.25, 0.3) is 5.91 Å². The third kappa shape index (κ3) is 4.84. The van der Waals surface area contributed by atoms with Gasteiger partial charge in [-0.2, -0.15) is 18.3 Å². The molecular formula is C26H18ClF3N4OS. The van der Waals surface area contributed by atoms with Crippen LogP contribution < -0.4 is 0 Å². The summed E-state index contributed by atoms with van der Waals surface area (Å²) in [5.74, 6) is -0.594. The van der Waals surface area contributed by atoms with E-state index in [9.17, 15) is 18.0 Å². The van der Waals surface area contributed by atoms with Gasteiger partial charge in [0.05, 0.1) is 10.6 Å². The summed E-state index contributed by atoms with van der Waals surface area (Å²) in [5, 5.41) is 5.54. The zero-order valence-corrected chi connectivity index (χ0v) is 20.2. The van der Waals surface area contributed by atoms with Crippen molar-refractivity contribution < 1.29 is 18.0 Å². The molecule has 182 valence electrons. The molecule has 2 aromatic carbocycles. The molecule has 0 N–H and O–H groups in total. The van der Waals surface area contributed by atoms with Crippen molar-refractivity contribution in [1.29, 1.82) is 0 Å². The van der Waals surface area contributed by atoms with Gasteiger partial charge in [-0.15, -0.1) is 11.3 Å². The van der Waals surface area contributed by atoms with Gasteiger partial charge in [-0.1, -0.05) is 78.3 Å². The minimum atomic E-state index is -4.74. The highest BCUT2D eigenvalue weighted by Gasteiger charge is 2.37. The van der Waals surface area contributed by atoms with Gasteiger partial charge in [-0.3, -0.25) is 4.79 Å². The Kier molecular flexibility index (Phi) is 6.51. The molecule has 0 unspecified atom stereocenters. The maximum Gasteiger partial charge on any atom is 0.433 e. The molecule has 0 atom stereocenters. The highest BCUT2D eigenvalue weighted by molar-refractivity contribution is 7.13. The minimum Gasteiger partial charge on any atom is -0.329 e. The number of nitrogens with zero attached hydrogens (tertiary/aromatic N) is 4. The summed E-state index contributed by atoms with van der Waals surface area (Å²) in [6.45, 7) is 0.442. The molecule has 0 radical (unpaired) electrons. The van der Waals surface area contributed by atoms with Crippen LogP contribution in [-0.4, -0.2) is 25.4 Å². The second-order valence-corrected chi connectivity index (χ2v) is 9.36. The van der Waals surface area contributed by atoms with Crippen LogP contribution in [0.25, 0.3) is 16.2 Å². The van der Waals surface area contributed by atoms with Crippen molar-refractivity contribution in [3.05, 3.63) is 112 Å². The lowest BCUT2D eigenvalue weighted by Crippen LogP contribution is -2.30. The SMILES string of the molecule is O=C(c1nn2c(C(F)(F)F)cc(-c3cccs3)nc2c1Cl)N(Cc1ccccc1)Cc1ccccc1. The molecule has 0 aliphatic rings. The zero-order chi connectivity index (χ0) is 25.3. The van der Waals surface area contributed by atoms with E-state index >= 15 is 0 Å². The van der Waals surface area contributed by atoms with Gasteiger partial charge in [-0.25, -0.2) is 9.50 Å². The van der Waals surface area contributed by atoms with Gasteiger partial charge < -0.3 is 4.90 Å². The lowest BCUT2D eigenvalue weighted by Gasteiger charge is -2.22. The molecule has 36 heavy (non-hydrogen) atoms. The third-order valence-electron chi connectivity index (χ3n) is 5.52. The Hall–Kier alpha value is -3.69. The van der Waals surface area contributed by atoms with Crippen LogP contribution in [0.15, 0.2) is 84.2 Å². The normalized spacial score (nSPS) is 11.7. The Balaban J connectivity index is 1.61. The number of carbonyl (C=O) groups is 1. The van der Waals surface area contributed by atoms with E-state index in [2.05, 4.69) is 10.1 Å². The Bertz CT molecular complexity index is 1460. The topological polar surface area (TPSA) is 50.5 Å². The van der Waals surface area contributed by atoms with Crippen molar-refractivity contribution in [1.82, 2.24) is 19.5 Å². The van der Waals surface area contributed by atoms with E-state index in [4.69, 9.17) is 11.6 Å². The number of rotatable bonds is 6. The quantitative estimate of drug-likeness (QED) is 0.240. The smallest absolute Gasteiger partial charge is 0.329 e. The van der Waals surface area contributed by atoms with Crippen LogP contribution in [0.5, 0.6) is 0 Å². The average Bonchev–Trinajstić information content (AvgIpc) is 3.52. The van der Waals surface area contributed by atoms with E-state index < -0.39 is 17.8 Å². The number of hydrogen-bond acceptors (Lipinski definition) is 4. The second kappa shape index (κ2) is 9.75. The van der Waals surface area contributed by atoms with E-state index in [1.807, 2.05) is 60.7 Å². The number of hydrogen-bond donors (Lipinski definition) is 0. The molecule has 3 aromatic heterocycles. The Labute approximate surface area is 213 Å². The molecule has 0 saturated carbocycles. The van der Waals surface area contributed by atoms with Crippen molar-refractivity contribution in [2.75, 3.05) is 0 Å². The second-order valence-electron chi connectivity index (χ2n) is 8.03. The number of thiophene rings is 1. The zero-order valence-electron chi connectivity index (χ0n) is 18.6. The van der Waals surface area contributed by atoms with Crippen LogP contribution in [0.2, 0.25) is 5.02 Å². The summed E-state index contributed by atoms with van der Waals surface area (Å²) >= 11 is 7.75. The number of carbonyl (C=O) groups excluding carboxylic acids is 1. The first-order valence-corrected chi connectivity index (χ1v) is 12.1. The van der Waals surface area contributed by atoms with Crippen molar-refractivity contribution in [2.24, 2.45) is 0 Å². The number of alkyl halides is 3. The van der Waals surface area contributed by atoms with Gasteiger partial charge in [0.15, 0.2) is 17.0 Å². The molecule has 0 aliphatic carbocycles. The van der Waals surface area contributed by atoms with Gasteiger partial charge in [-0.05, 0) is 28.6 Å². The fourth-order valence-electron chi connectivity index (χ4n) is 3.84. The standard InChI is InChI=1S/C26H18ClF3N4OS/c27-22-23(25(35)33(15-17-8-3-1-4-9-17)16-18-10-5-2-6-11-18)32-34-21(26(28,29)30)14-19(31-24(22)34)20-12-7-13-36-20/h1-14H,15-16H2. The lowest BCUT2D eigenvalue weighted by atomic mass is 10.1. The fraction of sp³-hybridized carbons (Fsp3) is 0.115. The summed E-state index contributed by atoms with van der Waals surface area (Å²) in [6.07, 6.45) is -4.74. The molecule has 0 bridgehead atoms. The average molecular weight is 527 g/mol. The first-order valence-electron chi connectivity index (χ1n) is 10.9. The Morgan fingerprint density at radius 3 is 2.08 bits per heavy atom. The number of halogens is 4. The summed E-state index contributed by atoms with van der Waals surface area (Å²) in [7, 11) is 0. The molecule has 0 fully saturated rings. The molecule has 5 nitrogen and oxygen atoms in total. The molecule has 1 amide bonds. The van der Waals surface area contributed by atoms with Crippen LogP contribution in [0.1, 0.15) is 27.3 Å². The highest BCUT2D eigenvalue weighted by atomic mass is 35.5. The lowest BCUT2D eigenvalue weighted by molar-refractivity contribution is -0.142.